The average molecular weight is 343 g/mol. The summed E-state index contributed by atoms with van der Waals surface area (Å²) in [4.78, 5) is 2.38. The second kappa shape index (κ2) is 10.3. The van der Waals surface area contributed by atoms with Gasteiger partial charge in [0.15, 0.2) is 0 Å². The molecular formula is C16H27BrN2O. The van der Waals surface area contributed by atoms with Crippen molar-refractivity contribution < 1.29 is 4.74 Å². The summed E-state index contributed by atoms with van der Waals surface area (Å²) in [6, 6.07) is 9.00. The molecule has 0 aromatic heterocycles. The van der Waals surface area contributed by atoms with E-state index in [4.69, 9.17) is 4.74 Å². The van der Waals surface area contributed by atoms with E-state index in [9.17, 15) is 0 Å². The van der Waals surface area contributed by atoms with Crippen LogP contribution in [0.25, 0.3) is 0 Å². The molecule has 1 N–H and O–H groups in total. The third-order valence-electron chi connectivity index (χ3n) is 3.39. The molecule has 0 fully saturated rings. The average Bonchev–Trinajstić information content (AvgIpc) is 2.43. The fraction of sp³-hybridized carbons (Fsp3) is 0.625. The molecule has 0 radical (unpaired) electrons. The Kier molecular flexibility index (Phi) is 9.10. The lowest BCUT2D eigenvalue weighted by Crippen LogP contribution is -2.28. The number of nitrogens with zero attached hydrogens (tertiary/aromatic N) is 1. The predicted octanol–water partition coefficient (Wildman–Crippen LogP) is 3.46. The lowest BCUT2D eigenvalue weighted by Gasteiger charge is -2.23. The molecule has 4 heteroatoms. The number of hydrogen-bond acceptors (Lipinski definition) is 3. The normalized spacial score (nSPS) is 12.8. The molecule has 1 aromatic carbocycles. The Bertz CT molecular complexity index is 373. The monoisotopic (exact) mass is 342 g/mol. The molecule has 0 aliphatic carbocycles. The van der Waals surface area contributed by atoms with Crippen molar-refractivity contribution in [1.29, 1.82) is 0 Å². The molecule has 0 amide bonds. The second-order valence-electron chi connectivity index (χ2n) is 5.10. The van der Waals surface area contributed by atoms with Crippen LogP contribution in [-0.4, -0.2) is 45.3 Å². The van der Waals surface area contributed by atoms with E-state index in [1.807, 2.05) is 0 Å². The topological polar surface area (TPSA) is 24.5 Å². The van der Waals surface area contributed by atoms with Gasteiger partial charge in [0.05, 0.1) is 0 Å². The van der Waals surface area contributed by atoms with Crippen LogP contribution in [-0.2, 0) is 4.74 Å². The van der Waals surface area contributed by atoms with Gasteiger partial charge in [-0.2, -0.15) is 0 Å². The second-order valence-corrected chi connectivity index (χ2v) is 6.02. The van der Waals surface area contributed by atoms with Crippen molar-refractivity contribution >= 4 is 15.9 Å². The summed E-state index contributed by atoms with van der Waals surface area (Å²) < 4.78 is 6.24. The van der Waals surface area contributed by atoms with E-state index in [0.29, 0.717) is 6.04 Å². The molecule has 20 heavy (non-hydrogen) atoms. The number of nitrogens with one attached hydrogen (secondary N) is 1. The maximum Gasteiger partial charge on any atom is 0.0474 e. The van der Waals surface area contributed by atoms with Crippen LogP contribution in [0.4, 0.5) is 0 Å². The number of rotatable bonds is 10. The van der Waals surface area contributed by atoms with Crippen LogP contribution in [0.3, 0.4) is 0 Å². The molecule has 0 saturated heterocycles. The fourth-order valence-electron chi connectivity index (χ4n) is 2.30. The van der Waals surface area contributed by atoms with E-state index in [2.05, 4.69) is 64.4 Å². The summed E-state index contributed by atoms with van der Waals surface area (Å²) in [7, 11) is 3.94. The van der Waals surface area contributed by atoms with Crippen LogP contribution >= 0.6 is 15.9 Å². The van der Waals surface area contributed by atoms with Crippen LogP contribution in [0.2, 0.25) is 0 Å². The third kappa shape index (κ3) is 6.84. The SMILES string of the molecule is CCNC(CCN(C)CCCOC)c1cccc(Br)c1. The highest BCUT2D eigenvalue weighted by Crippen LogP contribution is 2.21. The number of halogens is 1. The van der Waals surface area contributed by atoms with Crippen molar-refractivity contribution in [3.63, 3.8) is 0 Å². The highest BCUT2D eigenvalue weighted by molar-refractivity contribution is 9.10. The molecule has 1 atom stereocenters. The summed E-state index contributed by atoms with van der Waals surface area (Å²) in [5, 5.41) is 3.58. The first kappa shape index (κ1) is 17.6. The maximum absolute atomic E-state index is 5.09. The zero-order chi connectivity index (χ0) is 14.8. The Morgan fingerprint density at radius 2 is 2.15 bits per heavy atom. The van der Waals surface area contributed by atoms with Crippen LogP contribution in [0.5, 0.6) is 0 Å². The van der Waals surface area contributed by atoms with Crippen molar-refractivity contribution in [1.82, 2.24) is 10.2 Å². The molecular weight excluding hydrogens is 316 g/mol. The number of hydrogen-bond donors (Lipinski definition) is 1. The van der Waals surface area contributed by atoms with Gasteiger partial charge in [0, 0.05) is 30.8 Å². The van der Waals surface area contributed by atoms with Gasteiger partial charge in [-0.05, 0) is 50.7 Å². The Balaban J connectivity index is 2.46. The van der Waals surface area contributed by atoms with E-state index in [-0.39, 0.29) is 0 Å². The quantitative estimate of drug-likeness (QED) is 0.659. The minimum absolute atomic E-state index is 0.419. The Hall–Kier alpha value is -0.420. The van der Waals surface area contributed by atoms with Crippen molar-refractivity contribution in [3.8, 4) is 0 Å². The first-order valence-corrected chi connectivity index (χ1v) is 8.13. The zero-order valence-corrected chi connectivity index (χ0v) is 14.4. The lowest BCUT2D eigenvalue weighted by molar-refractivity contribution is 0.178. The first-order chi connectivity index (χ1) is 9.67. The molecule has 114 valence electrons. The Morgan fingerprint density at radius 1 is 1.35 bits per heavy atom. The van der Waals surface area contributed by atoms with Gasteiger partial charge in [-0.15, -0.1) is 0 Å². The van der Waals surface area contributed by atoms with E-state index in [1.54, 1.807) is 7.11 Å². The summed E-state index contributed by atoms with van der Waals surface area (Å²) in [6.45, 7) is 6.17. The van der Waals surface area contributed by atoms with Crippen molar-refractivity contribution in [3.05, 3.63) is 34.3 Å². The Morgan fingerprint density at radius 3 is 2.80 bits per heavy atom. The number of benzene rings is 1. The highest BCUT2D eigenvalue weighted by atomic mass is 79.9. The van der Waals surface area contributed by atoms with Gasteiger partial charge < -0.3 is 15.0 Å². The number of ether oxygens (including phenoxy) is 1. The van der Waals surface area contributed by atoms with Gasteiger partial charge in [-0.3, -0.25) is 0 Å². The number of methoxy groups -OCH3 is 1. The largest absolute Gasteiger partial charge is 0.385 e. The van der Waals surface area contributed by atoms with Gasteiger partial charge in [-0.25, -0.2) is 0 Å². The summed E-state index contributed by atoms with van der Waals surface area (Å²) in [5.41, 5.74) is 1.35. The van der Waals surface area contributed by atoms with E-state index >= 15 is 0 Å². The smallest absolute Gasteiger partial charge is 0.0474 e. The molecule has 1 unspecified atom stereocenters. The Labute approximate surface area is 131 Å². The molecule has 0 aliphatic rings. The molecule has 0 spiro atoms. The minimum atomic E-state index is 0.419. The van der Waals surface area contributed by atoms with E-state index in [1.165, 1.54) is 5.56 Å². The van der Waals surface area contributed by atoms with Gasteiger partial charge in [0.2, 0.25) is 0 Å². The maximum atomic E-state index is 5.09. The van der Waals surface area contributed by atoms with Crippen LogP contribution in [0, 0.1) is 0 Å². The van der Waals surface area contributed by atoms with Gasteiger partial charge in [0.25, 0.3) is 0 Å². The first-order valence-electron chi connectivity index (χ1n) is 7.33. The van der Waals surface area contributed by atoms with Crippen molar-refractivity contribution in [2.75, 3.05) is 40.4 Å². The molecule has 1 rings (SSSR count). The van der Waals surface area contributed by atoms with E-state index in [0.717, 1.165) is 43.6 Å². The molecule has 3 nitrogen and oxygen atoms in total. The summed E-state index contributed by atoms with van der Waals surface area (Å²) in [6.07, 6.45) is 2.21. The predicted molar refractivity (Wildman–Crippen MR) is 89.2 cm³/mol. The highest BCUT2D eigenvalue weighted by Gasteiger charge is 2.11. The van der Waals surface area contributed by atoms with Crippen molar-refractivity contribution in [2.45, 2.75) is 25.8 Å². The molecule has 0 saturated carbocycles. The van der Waals surface area contributed by atoms with Gasteiger partial charge >= 0.3 is 0 Å². The minimum Gasteiger partial charge on any atom is -0.385 e. The fourth-order valence-corrected chi connectivity index (χ4v) is 2.71. The summed E-state index contributed by atoms with van der Waals surface area (Å²) >= 11 is 3.55. The van der Waals surface area contributed by atoms with Crippen LogP contribution in [0.15, 0.2) is 28.7 Å². The third-order valence-corrected chi connectivity index (χ3v) is 3.88. The van der Waals surface area contributed by atoms with E-state index < -0.39 is 0 Å². The molecule has 0 bridgehead atoms. The van der Waals surface area contributed by atoms with Crippen LogP contribution < -0.4 is 5.32 Å². The molecule has 0 heterocycles. The van der Waals surface area contributed by atoms with Gasteiger partial charge in [0.1, 0.15) is 0 Å². The molecule has 1 aromatic rings. The van der Waals surface area contributed by atoms with Gasteiger partial charge in [-0.1, -0.05) is 35.0 Å². The molecule has 0 aliphatic heterocycles. The standard InChI is InChI=1S/C16H27BrN2O/c1-4-18-16(14-7-5-8-15(17)13-14)9-11-19(2)10-6-12-20-3/h5,7-8,13,16,18H,4,6,9-12H2,1-3H3. The summed E-state index contributed by atoms with van der Waals surface area (Å²) in [5.74, 6) is 0. The zero-order valence-electron chi connectivity index (χ0n) is 12.9. The van der Waals surface area contributed by atoms with Crippen LogP contribution in [0.1, 0.15) is 31.4 Å². The lowest BCUT2D eigenvalue weighted by atomic mass is 10.0. The van der Waals surface area contributed by atoms with Crippen molar-refractivity contribution in [2.24, 2.45) is 0 Å².